The minimum atomic E-state index is -0.181. The van der Waals surface area contributed by atoms with Gasteiger partial charge in [-0.05, 0) is 53.6 Å². The van der Waals surface area contributed by atoms with Gasteiger partial charge in [0.2, 0.25) is 0 Å². The molecule has 0 bridgehead atoms. The lowest BCUT2D eigenvalue weighted by Crippen LogP contribution is -2.49. The van der Waals surface area contributed by atoms with Crippen molar-refractivity contribution < 1.29 is 13.9 Å². The van der Waals surface area contributed by atoms with Crippen LogP contribution in [0.5, 0.6) is 0 Å². The van der Waals surface area contributed by atoms with E-state index in [1.807, 2.05) is 12.1 Å². The molecule has 5 rings (SSSR count). The molecular weight excluding hydrogens is 425 g/mol. The van der Waals surface area contributed by atoms with Gasteiger partial charge in [0.15, 0.2) is 0 Å². The average molecular weight is 456 g/mol. The topological polar surface area (TPSA) is 36.0 Å². The molecule has 0 saturated carbocycles. The van der Waals surface area contributed by atoms with Crippen molar-refractivity contribution in [3.8, 4) is 0 Å². The average Bonchev–Trinajstić information content (AvgIpc) is 3.41. The standard InChI is InChI=1S/C25H30FN3O2S/c1-32-20-6-7-21-22(18-2-4-19(26)5-3-18)17-24(23(21)16-20)28-11-8-27(9-12-28)10-13-29-14-15-31-25(29)30/h2-7,16,22,24H,8-15,17H2,1H3/t22-,24+/m0/s1. The Labute approximate surface area is 193 Å². The van der Waals surface area contributed by atoms with Crippen molar-refractivity contribution in [2.24, 2.45) is 0 Å². The summed E-state index contributed by atoms with van der Waals surface area (Å²) in [5, 5.41) is 0. The third kappa shape index (κ3) is 4.38. The smallest absolute Gasteiger partial charge is 0.409 e. The normalized spacial score (nSPS) is 24.1. The van der Waals surface area contributed by atoms with Gasteiger partial charge >= 0.3 is 6.09 Å². The first-order chi connectivity index (χ1) is 15.6. The van der Waals surface area contributed by atoms with Gasteiger partial charge in [-0.2, -0.15) is 0 Å². The summed E-state index contributed by atoms with van der Waals surface area (Å²) in [4.78, 5) is 19.8. The SMILES string of the molecule is CSc1ccc2c(c1)[C@H](N1CCN(CCN3CCOC3=O)CC1)C[C@H]2c1ccc(F)cc1. The summed E-state index contributed by atoms with van der Waals surface area (Å²) in [6.45, 7) is 6.94. The Bertz CT molecular complexity index is 962. The van der Waals surface area contributed by atoms with Crippen molar-refractivity contribution in [3.05, 3.63) is 65.0 Å². The van der Waals surface area contributed by atoms with Crippen LogP contribution in [-0.4, -0.2) is 79.5 Å². The van der Waals surface area contributed by atoms with Gasteiger partial charge in [0.25, 0.3) is 0 Å². The second kappa shape index (κ2) is 9.41. The van der Waals surface area contributed by atoms with Crippen molar-refractivity contribution in [1.29, 1.82) is 0 Å². The Balaban J connectivity index is 1.27. The molecule has 3 aliphatic rings. The van der Waals surface area contributed by atoms with Crippen LogP contribution in [0.3, 0.4) is 0 Å². The van der Waals surface area contributed by atoms with Crippen molar-refractivity contribution in [3.63, 3.8) is 0 Å². The third-order valence-electron chi connectivity index (χ3n) is 7.14. The summed E-state index contributed by atoms with van der Waals surface area (Å²) in [7, 11) is 0. The zero-order valence-corrected chi connectivity index (χ0v) is 19.3. The van der Waals surface area contributed by atoms with Crippen LogP contribution in [0.4, 0.5) is 9.18 Å². The van der Waals surface area contributed by atoms with Crippen LogP contribution < -0.4 is 0 Å². The summed E-state index contributed by atoms with van der Waals surface area (Å²) in [5.41, 5.74) is 4.01. The Morgan fingerprint density at radius 3 is 2.47 bits per heavy atom. The number of benzene rings is 2. The number of halogens is 1. The van der Waals surface area contributed by atoms with Crippen LogP contribution in [0.1, 0.15) is 35.1 Å². The highest BCUT2D eigenvalue weighted by Gasteiger charge is 2.36. The van der Waals surface area contributed by atoms with Crippen molar-refractivity contribution in [1.82, 2.24) is 14.7 Å². The van der Waals surface area contributed by atoms with Gasteiger partial charge in [0, 0.05) is 56.1 Å². The highest BCUT2D eigenvalue weighted by atomic mass is 32.2. The number of fused-ring (bicyclic) bond motifs is 1. The molecule has 2 fully saturated rings. The number of rotatable bonds is 6. The molecule has 170 valence electrons. The number of carbonyl (C=O) groups is 1. The lowest BCUT2D eigenvalue weighted by molar-refractivity contribution is 0.0892. The van der Waals surface area contributed by atoms with E-state index < -0.39 is 0 Å². The van der Waals surface area contributed by atoms with Crippen molar-refractivity contribution in [2.45, 2.75) is 23.3 Å². The second-order valence-electron chi connectivity index (χ2n) is 8.83. The van der Waals surface area contributed by atoms with E-state index in [1.165, 1.54) is 21.6 Å². The number of ether oxygens (including phenoxy) is 1. The number of thioether (sulfide) groups is 1. The lowest BCUT2D eigenvalue weighted by atomic mass is 9.93. The second-order valence-corrected chi connectivity index (χ2v) is 9.71. The van der Waals surface area contributed by atoms with E-state index in [2.05, 4.69) is 34.3 Å². The Morgan fingerprint density at radius 2 is 1.78 bits per heavy atom. The fraction of sp³-hybridized carbons (Fsp3) is 0.480. The molecule has 0 N–H and O–H groups in total. The van der Waals surface area contributed by atoms with Crippen LogP contribution in [0.25, 0.3) is 0 Å². The minimum Gasteiger partial charge on any atom is -0.448 e. The molecular formula is C25H30FN3O2S. The molecule has 2 aliphatic heterocycles. The molecule has 1 aliphatic carbocycles. The largest absolute Gasteiger partial charge is 0.448 e. The van der Waals surface area contributed by atoms with Gasteiger partial charge < -0.3 is 9.64 Å². The maximum atomic E-state index is 13.5. The fourth-order valence-corrected chi connectivity index (χ4v) is 5.76. The van der Waals surface area contributed by atoms with E-state index in [9.17, 15) is 9.18 Å². The number of piperazine rings is 1. The quantitative estimate of drug-likeness (QED) is 0.611. The molecule has 2 aromatic rings. The number of cyclic esters (lactones) is 1. The zero-order valence-electron chi connectivity index (χ0n) is 18.5. The highest BCUT2D eigenvalue weighted by Crippen LogP contribution is 2.47. The van der Waals surface area contributed by atoms with E-state index in [-0.39, 0.29) is 11.9 Å². The zero-order chi connectivity index (χ0) is 22.1. The Kier molecular flexibility index (Phi) is 6.40. The van der Waals surface area contributed by atoms with Gasteiger partial charge in [0.05, 0.1) is 6.54 Å². The molecule has 32 heavy (non-hydrogen) atoms. The molecule has 0 radical (unpaired) electrons. The third-order valence-corrected chi connectivity index (χ3v) is 7.86. The van der Waals surface area contributed by atoms with E-state index in [0.717, 1.165) is 45.7 Å². The molecule has 1 amide bonds. The fourth-order valence-electron chi connectivity index (χ4n) is 5.31. The summed E-state index contributed by atoms with van der Waals surface area (Å²) in [5.74, 6) is 0.130. The maximum absolute atomic E-state index is 13.5. The number of hydrogen-bond donors (Lipinski definition) is 0. The molecule has 2 atom stereocenters. The Morgan fingerprint density at radius 1 is 1.00 bits per heavy atom. The van der Waals surface area contributed by atoms with E-state index in [4.69, 9.17) is 4.74 Å². The van der Waals surface area contributed by atoms with E-state index >= 15 is 0 Å². The predicted octanol–water partition coefficient (Wildman–Crippen LogP) is 4.19. The number of nitrogens with zero attached hydrogens (tertiary/aromatic N) is 3. The summed E-state index contributed by atoms with van der Waals surface area (Å²) < 4.78 is 18.5. The van der Waals surface area contributed by atoms with Crippen molar-refractivity contribution in [2.75, 3.05) is 58.7 Å². The highest BCUT2D eigenvalue weighted by molar-refractivity contribution is 7.98. The molecule has 2 aromatic carbocycles. The molecule has 0 aromatic heterocycles. The number of carbonyl (C=O) groups excluding carboxylic acids is 1. The summed E-state index contributed by atoms with van der Waals surface area (Å²) in [6.07, 6.45) is 2.99. The first-order valence-corrected chi connectivity index (χ1v) is 12.7. The monoisotopic (exact) mass is 455 g/mol. The van der Waals surface area contributed by atoms with Gasteiger partial charge in [-0.25, -0.2) is 9.18 Å². The predicted molar refractivity (Wildman–Crippen MR) is 125 cm³/mol. The van der Waals surface area contributed by atoms with Gasteiger partial charge in [-0.1, -0.05) is 18.2 Å². The maximum Gasteiger partial charge on any atom is 0.409 e. The van der Waals surface area contributed by atoms with Crippen LogP contribution in [-0.2, 0) is 4.74 Å². The molecule has 5 nitrogen and oxygen atoms in total. The van der Waals surface area contributed by atoms with E-state index in [0.29, 0.717) is 25.1 Å². The first-order valence-electron chi connectivity index (χ1n) is 11.4. The van der Waals surface area contributed by atoms with Crippen LogP contribution in [0, 0.1) is 5.82 Å². The van der Waals surface area contributed by atoms with Crippen molar-refractivity contribution >= 4 is 17.9 Å². The molecule has 2 heterocycles. The molecule has 2 saturated heterocycles. The lowest BCUT2D eigenvalue weighted by Gasteiger charge is -2.39. The van der Waals surface area contributed by atoms with Gasteiger partial charge in [0.1, 0.15) is 12.4 Å². The van der Waals surface area contributed by atoms with Gasteiger partial charge in [-0.3, -0.25) is 9.80 Å². The minimum absolute atomic E-state index is 0.178. The van der Waals surface area contributed by atoms with Crippen LogP contribution in [0.15, 0.2) is 47.4 Å². The number of amides is 1. The van der Waals surface area contributed by atoms with E-state index in [1.54, 1.807) is 28.8 Å². The molecule has 0 unspecified atom stereocenters. The van der Waals surface area contributed by atoms with Gasteiger partial charge in [-0.15, -0.1) is 11.8 Å². The number of hydrogen-bond acceptors (Lipinski definition) is 5. The Hall–Kier alpha value is -2.09. The first kappa shape index (κ1) is 21.7. The summed E-state index contributed by atoms with van der Waals surface area (Å²) >= 11 is 1.78. The summed E-state index contributed by atoms with van der Waals surface area (Å²) in [6, 6.07) is 14.3. The molecule has 0 spiro atoms. The van der Waals surface area contributed by atoms with Crippen LogP contribution >= 0.6 is 11.8 Å². The van der Waals surface area contributed by atoms with Crippen LogP contribution in [0.2, 0.25) is 0 Å². The molecule has 7 heteroatoms.